The summed E-state index contributed by atoms with van der Waals surface area (Å²) in [5.41, 5.74) is -6.63. The number of rotatable bonds is 4. The SMILES string of the molecule is O=C(O[C@@H]1O[C@@H]2COC(=O)c3cc(O)c(O)c(O)c3-c3c(cc(O)c(O)c3O)C(=O)O[C@H]2[C@H](OC(=O)[C@H]2CC(=O)c3oc(=O)c4cc(O)c(O)c(O)c4c32)[C@H]1O)c1cc(O)c(O)c(O)c1. The van der Waals surface area contributed by atoms with Crippen molar-refractivity contribution in [3.05, 3.63) is 68.8 Å². The van der Waals surface area contributed by atoms with Crippen LogP contribution in [0.25, 0.3) is 21.9 Å². The molecular formula is C40H28O25. The fourth-order valence-corrected chi connectivity index (χ4v) is 7.57. The standard InChI is InChI=1S/C40H28O25/c41-13-1-8(2-14(42)24(13)47)35(55)65-40-31(54)34(64-39(59)12-6-18(46)32-23(12)22-11(37(57)62-32)5-17(45)27(50)30(22)53)33-19(61-40)7-60-36(56)9-3-15(43)25(48)28(51)20(9)21-10(38(58)63-33)4-16(44)26(49)29(21)52/h1-5,12,19,31,33-34,40-45,47-54H,6-7H2/t12-,19+,31+,33+,34+,40-/m0/s1. The largest absolute Gasteiger partial charge is 0.504 e. The lowest BCUT2D eigenvalue weighted by molar-refractivity contribution is -0.287. The van der Waals surface area contributed by atoms with Crippen LogP contribution < -0.4 is 5.63 Å². The van der Waals surface area contributed by atoms with Gasteiger partial charge in [0.15, 0.2) is 81.6 Å². The molecule has 0 bridgehead atoms. The molecule has 338 valence electrons. The molecule has 0 amide bonds. The first-order valence-electron chi connectivity index (χ1n) is 18.3. The van der Waals surface area contributed by atoms with E-state index >= 15 is 0 Å². The van der Waals surface area contributed by atoms with Crippen LogP contribution >= 0.6 is 0 Å². The molecule has 25 nitrogen and oxygen atoms in total. The number of phenols is 12. The molecule has 6 atom stereocenters. The number of phenolic OH excluding ortho intramolecular Hbond substituents is 12. The lowest BCUT2D eigenvalue weighted by atomic mass is 9.92. The summed E-state index contributed by atoms with van der Waals surface area (Å²) in [6.07, 6.45) is -12.6. The van der Waals surface area contributed by atoms with Gasteiger partial charge >= 0.3 is 29.5 Å². The van der Waals surface area contributed by atoms with Crippen molar-refractivity contribution in [2.24, 2.45) is 0 Å². The molecule has 1 fully saturated rings. The Labute approximate surface area is 357 Å². The number of ether oxygens (including phenoxy) is 5. The first-order valence-corrected chi connectivity index (χ1v) is 18.3. The third-order valence-electron chi connectivity index (χ3n) is 10.7. The molecule has 0 saturated carbocycles. The van der Waals surface area contributed by atoms with Crippen LogP contribution in [0.2, 0.25) is 0 Å². The number of carbonyl (C=O) groups excluding carboxylic acids is 5. The average Bonchev–Trinajstić information content (AvgIpc) is 3.58. The Kier molecular flexibility index (Phi) is 10.0. The van der Waals surface area contributed by atoms with Gasteiger partial charge in [-0.3, -0.25) is 9.59 Å². The highest BCUT2D eigenvalue weighted by atomic mass is 16.7. The second-order valence-corrected chi connectivity index (χ2v) is 14.5. The molecular weight excluding hydrogens is 880 g/mol. The van der Waals surface area contributed by atoms with E-state index in [0.29, 0.717) is 30.3 Å². The van der Waals surface area contributed by atoms with Crippen LogP contribution in [0.5, 0.6) is 69.0 Å². The molecule has 0 radical (unpaired) electrons. The van der Waals surface area contributed by atoms with Gasteiger partial charge in [-0.15, -0.1) is 0 Å². The number of benzene rings is 4. The van der Waals surface area contributed by atoms with Crippen molar-refractivity contribution >= 4 is 40.4 Å². The average molecular weight is 909 g/mol. The Morgan fingerprint density at radius 1 is 0.631 bits per heavy atom. The maximum Gasteiger partial charge on any atom is 0.344 e. The monoisotopic (exact) mass is 908 g/mol. The van der Waals surface area contributed by atoms with Gasteiger partial charge in [0, 0.05) is 28.5 Å². The molecule has 0 spiro atoms. The van der Waals surface area contributed by atoms with Gasteiger partial charge in [-0.25, -0.2) is 19.2 Å². The van der Waals surface area contributed by atoms with Crippen molar-refractivity contribution in [2.75, 3.05) is 6.61 Å². The summed E-state index contributed by atoms with van der Waals surface area (Å²) in [5, 5.41) is 135. The minimum Gasteiger partial charge on any atom is -0.504 e. The van der Waals surface area contributed by atoms with Crippen molar-refractivity contribution in [2.45, 2.75) is 43.0 Å². The van der Waals surface area contributed by atoms with Crippen molar-refractivity contribution < 1.29 is 118 Å². The van der Waals surface area contributed by atoms with E-state index < -0.39 is 204 Å². The minimum atomic E-state index is -2.54. The van der Waals surface area contributed by atoms with E-state index in [1.807, 2.05) is 0 Å². The van der Waals surface area contributed by atoms with Gasteiger partial charge < -0.3 is 94.5 Å². The normalized spacial score (nSPS) is 21.5. The molecule has 4 aromatic carbocycles. The van der Waals surface area contributed by atoms with E-state index in [2.05, 4.69) is 0 Å². The smallest absolute Gasteiger partial charge is 0.344 e. The van der Waals surface area contributed by atoms with Crippen LogP contribution in [0.3, 0.4) is 0 Å². The van der Waals surface area contributed by atoms with E-state index in [0.717, 1.165) is 0 Å². The number of Topliss-reactive ketones (excluding diaryl/α,β-unsaturated/α-hetero) is 1. The molecule has 8 rings (SSSR count). The summed E-state index contributed by atoms with van der Waals surface area (Å²) in [6, 6.07) is 2.79. The molecule has 2 aliphatic heterocycles. The van der Waals surface area contributed by atoms with Crippen LogP contribution in [0, 0.1) is 0 Å². The summed E-state index contributed by atoms with van der Waals surface area (Å²) < 4.78 is 32.6. The molecule has 65 heavy (non-hydrogen) atoms. The third kappa shape index (κ3) is 6.73. The maximum absolute atomic E-state index is 14.3. The van der Waals surface area contributed by atoms with Gasteiger partial charge in [0.2, 0.25) is 23.5 Å². The zero-order valence-electron chi connectivity index (χ0n) is 32.0. The fourth-order valence-electron chi connectivity index (χ4n) is 7.57. The Balaban J connectivity index is 1.26. The maximum atomic E-state index is 14.3. The number of aliphatic hydroxyl groups is 1. The Morgan fingerprint density at radius 3 is 1.77 bits per heavy atom. The molecule has 1 aromatic heterocycles. The predicted octanol–water partition coefficient (Wildman–Crippen LogP) is 0.848. The second kappa shape index (κ2) is 15.2. The molecule has 3 heterocycles. The summed E-state index contributed by atoms with van der Waals surface area (Å²) in [4.78, 5) is 81.6. The number of cyclic esters (lactones) is 1. The van der Waals surface area contributed by atoms with Crippen LogP contribution in [-0.4, -0.2) is 133 Å². The van der Waals surface area contributed by atoms with Crippen molar-refractivity contribution in [1.29, 1.82) is 0 Å². The number of hydrogen-bond donors (Lipinski definition) is 13. The molecule has 5 aromatic rings. The Bertz CT molecular complexity index is 3000. The lowest BCUT2D eigenvalue weighted by Gasteiger charge is -2.42. The first kappa shape index (κ1) is 42.8. The number of aromatic hydroxyl groups is 12. The Hall–Kier alpha value is -8.84. The van der Waals surface area contributed by atoms with Crippen LogP contribution in [0.4, 0.5) is 0 Å². The topological polar surface area (TPSA) is 425 Å². The molecule has 1 saturated heterocycles. The number of esters is 4. The zero-order valence-corrected chi connectivity index (χ0v) is 32.0. The summed E-state index contributed by atoms with van der Waals surface area (Å²) in [7, 11) is 0. The highest BCUT2D eigenvalue weighted by Crippen LogP contribution is 2.53. The highest BCUT2D eigenvalue weighted by Gasteiger charge is 2.54. The van der Waals surface area contributed by atoms with Gasteiger partial charge in [-0.05, 0) is 30.3 Å². The van der Waals surface area contributed by atoms with E-state index in [1.165, 1.54) is 0 Å². The molecule has 1 aliphatic carbocycles. The van der Waals surface area contributed by atoms with Gasteiger partial charge in [0.05, 0.1) is 28.0 Å². The van der Waals surface area contributed by atoms with Crippen molar-refractivity contribution in [1.82, 2.24) is 0 Å². The number of fused-ring (bicyclic) bond motifs is 7. The van der Waals surface area contributed by atoms with Gasteiger partial charge in [0.25, 0.3) is 0 Å². The number of hydrogen-bond acceptors (Lipinski definition) is 25. The summed E-state index contributed by atoms with van der Waals surface area (Å²) >= 11 is 0. The molecule has 3 aliphatic rings. The summed E-state index contributed by atoms with van der Waals surface area (Å²) in [5.74, 6) is -24.6. The van der Waals surface area contributed by atoms with E-state index in [4.69, 9.17) is 28.1 Å². The summed E-state index contributed by atoms with van der Waals surface area (Å²) in [6.45, 7) is -1.19. The minimum absolute atomic E-state index is 0.436. The van der Waals surface area contributed by atoms with E-state index in [1.54, 1.807) is 0 Å². The van der Waals surface area contributed by atoms with E-state index in [-0.39, 0.29) is 0 Å². The fraction of sp³-hybridized carbons (Fsp3) is 0.200. The van der Waals surface area contributed by atoms with Crippen LogP contribution in [0.15, 0.2) is 39.5 Å². The molecule has 0 unspecified atom stereocenters. The van der Waals surface area contributed by atoms with Gasteiger partial charge in [-0.1, -0.05) is 0 Å². The van der Waals surface area contributed by atoms with Crippen molar-refractivity contribution in [3.8, 4) is 80.1 Å². The first-order chi connectivity index (χ1) is 30.6. The van der Waals surface area contributed by atoms with Crippen LogP contribution in [-0.2, 0) is 28.5 Å². The Morgan fingerprint density at radius 2 is 1.17 bits per heavy atom. The van der Waals surface area contributed by atoms with Gasteiger partial charge in [0.1, 0.15) is 12.7 Å². The third-order valence-corrected chi connectivity index (χ3v) is 10.7. The lowest BCUT2D eigenvalue weighted by Crippen LogP contribution is -2.62. The molecule has 13 N–H and O–H groups in total. The number of aliphatic hydroxyl groups excluding tert-OH is 1. The predicted molar refractivity (Wildman–Crippen MR) is 202 cm³/mol. The van der Waals surface area contributed by atoms with Gasteiger partial charge in [-0.2, -0.15) is 0 Å². The molecule has 25 heteroatoms. The second-order valence-electron chi connectivity index (χ2n) is 14.5. The zero-order chi connectivity index (χ0) is 47.2. The number of ketones is 1. The van der Waals surface area contributed by atoms with Crippen LogP contribution in [0.1, 0.15) is 59.5 Å². The number of carbonyl (C=O) groups is 5. The van der Waals surface area contributed by atoms with E-state index in [9.17, 15) is 95.2 Å². The highest BCUT2D eigenvalue weighted by molar-refractivity contribution is 6.11. The van der Waals surface area contributed by atoms with Crippen molar-refractivity contribution in [3.63, 3.8) is 0 Å². The quantitative estimate of drug-likeness (QED) is 0.0675.